The minimum absolute atomic E-state index is 0.0339. The maximum atomic E-state index is 10.3. The summed E-state index contributed by atoms with van der Waals surface area (Å²) in [5.74, 6) is -1.05. The van der Waals surface area contributed by atoms with Gasteiger partial charge in [-0.1, -0.05) is 11.6 Å². The van der Waals surface area contributed by atoms with Crippen molar-refractivity contribution in [2.45, 2.75) is 0 Å². The zero-order valence-corrected chi connectivity index (χ0v) is 6.22. The summed E-state index contributed by atoms with van der Waals surface area (Å²) < 4.78 is 0. The summed E-state index contributed by atoms with van der Waals surface area (Å²) in [7, 11) is 0. The lowest BCUT2D eigenvalue weighted by Gasteiger charge is -1.96. The molecule has 0 amide bonds. The van der Waals surface area contributed by atoms with Gasteiger partial charge in [0.25, 0.3) is 0 Å². The highest BCUT2D eigenvalue weighted by molar-refractivity contribution is 6.33. The molecular formula is C7H5ClNO2. The van der Waals surface area contributed by atoms with E-state index in [1.54, 1.807) is 0 Å². The van der Waals surface area contributed by atoms with Crippen LogP contribution in [0, 0.1) is 0 Å². The molecule has 0 atom stereocenters. The molecule has 57 valence electrons. The van der Waals surface area contributed by atoms with Crippen molar-refractivity contribution in [2.75, 3.05) is 0 Å². The molecule has 1 aromatic rings. The van der Waals surface area contributed by atoms with Crippen LogP contribution >= 0.6 is 11.6 Å². The van der Waals surface area contributed by atoms with E-state index in [0.717, 1.165) is 0 Å². The van der Waals surface area contributed by atoms with Crippen molar-refractivity contribution >= 4 is 23.3 Å². The third kappa shape index (κ3) is 1.62. The van der Waals surface area contributed by atoms with Crippen molar-refractivity contribution in [3.8, 4) is 0 Å². The molecule has 0 aromatic heterocycles. The van der Waals surface area contributed by atoms with Gasteiger partial charge in [-0.2, -0.15) is 0 Å². The highest BCUT2D eigenvalue weighted by atomic mass is 35.5. The van der Waals surface area contributed by atoms with Crippen LogP contribution in [-0.2, 0) is 0 Å². The van der Waals surface area contributed by atoms with E-state index in [0.29, 0.717) is 0 Å². The summed E-state index contributed by atoms with van der Waals surface area (Å²) in [6.45, 7) is 0. The van der Waals surface area contributed by atoms with Gasteiger partial charge in [0, 0.05) is 0 Å². The predicted molar refractivity (Wildman–Crippen MR) is 41.2 cm³/mol. The first-order valence-corrected chi connectivity index (χ1v) is 3.23. The Hall–Kier alpha value is -1.22. The van der Waals surface area contributed by atoms with Crippen LogP contribution in [0.4, 0.5) is 5.69 Å². The normalized spacial score (nSPS) is 9.55. The van der Waals surface area contributed by atoms with E-state index in [9.17, 15) is 4.79 Å². The van der Waals surface area contributed by atoms with Gasteiger partial charge in [0.15, 0.2) is 0 Å². The van der Waals surface area contributed by atoms with Gasteiger partial charge in [-0.05, 0) is 18.2 Å². The van der Waals surface area contributed by atoms with E-state index in [2.05, 4.69) is 0 Å². The first kappa shape index (κ1) is 7.88. The van der Waals surface area contributed by atoms with Crippen molar-refractivity contribution < 1.29 is 9.90 Å². The molecule has 0 saturated carbocycles. The third-order valence-electron chi connectivity index (χ3n) is 1.21. The van der Waals surface area contributed by atoms with Crippen molar-refractivity contribution in [1.82, 2.24) is 5.73 Å². The van der Waals surface area contributed by atoms with Gasteiger partial charge in [0.1, 0.15) is 0 Å². The summed E-state index contributed by atoms with van der Waals surface area (Å²) in [4.78, 5) is 10.3. The number of halogens is 1. The molecule has 0 aliphatic heterocycles. The number of benzene rings is 1. The SMILES string of the molecule is [NH]c1cc(C(=O)O)ccc1Cl. The second-order valence-corrected chi connectivity index (χ2v) is 2.41. The van der Waals surface area contributed by atoms with Crippen LogP contribution in [0.15, 0.2) is 18.2 Å². The zero-order valence-electron chi connectivity index (χ0n) is 5.47. The van der Waals surface area contributed by atoms with E-state index in [1.165, 1.54) is 18.2 Å². The summed E-state index contributed by atoms with van der Waals surface area (Å²) in [5.41, 5.74) is 7.28. The Morgan fingerprint density at radius 3 is 2.64 bits per heavy atom. The lowest BCUT2D eigenvalue weighted by atomic mass is 10.2. The third-order valence-corrected chi connectivity index (χ3v) is 1.54. The summed E-state index contributed by atoms with van der Waals surface area (Å²) in [5, 5.41) is 8.73. The van der Waals surface area contributed by atoms with Crippen molar-refractivity contribution in [1.29, 1.82) is 0 Å². The topological polar surface area (TPSA) is 61.1 Å². The smallest absolute Gasteiger partial charge is 0.335 e. The molecule has 4 heteroatoms. The van der Waals surface area contributed by atoms with Gasteiger partial charge < -0.3 is 5.11 Å². The number of hydrogen-bond donors (Lipinski definition) is 1. The molecule has 2 N–H and O–H groups in total. The fourth-order valence-electron chi connectivity index (χ4n) is 0.658. The molecule has 3 nitrogen and oxygen atoms in total. The highest BCUT2D eigenvalue weighted by Crippen LogP contribution is 2.20. The van der Waals surface area contributed by atoms with Gasteiger partial charge in [-0.3, -0.25) is 5.73 Å². The monoisotopic (exact) mass is 170 g/mol. The molecule has 0 unspecified atom stereocenters. The van der Waals surface area contributed by atoms with Crippen LogP contribution in [0.5, 0.6) is 0 Å². The average molecular weight is 171 g/mol. The predicted octanol–water partition coefficient (Wildman–Crippen LogP) is 1.95. The maximum absolute atomic E-state index is 10.3. The Bertz CT molecular complexity index is 298. The zero-order chi connectivity index (χ0) is 8.43. The molecule has 0 bridgehead atoms. The number of nitrogens with one attached hydrogen (secondary N) is 1. The summed E-state index contributed by atoms with van der Waals surface area (Å²) >= 11 is 5.50. The molecule has 0 saturated heterocycles. The fourth-order valence-corrected chi connectivity index (χ4v) is 0.776. The number of carboxylic acid groups (broad SMARTS) is 1. The van der Waals surface area contributed by atoms with Crippen LogP contribution in [-0.4, -0.2) is 11.1 Å². The molecular weight excluding hydrogens is 166 g/mol. The van der Waals surface area contributed by atoms with Gasteiger partial charge in [-0.25, -0.2) is 4.79 Å². The number of rotatable bonds is 1. The molecule has 11 heavy (non-hydrogen) atoms. The van der Waals surface area contributed by atoms with E-state index >= 15 is 0 Å². The highest BCUT2D eigenvalue weighted by Gasteiger charge is 2.04. The first-order valence-electron chi connectivity index (χ1n) is 2.85. The molecule has 0 aliphatic rings. The van der Waals surface area contributed by atoms with Crippen LogP contribution in [0.25, 0.3) is 0 Å². The lowest BCUT2D eigenvalue weighted by Crippen LogP contribution is -1.95. The second kappa shape index (κ2) is 2.80. The molecule has 1 rings (SSSR count). The molecule has 0 aliphatic carbocycles. The van der Waals surface area contributed by atoms with Crippen LogP contribution in [0.1, 0.15) is 10.4 Å². The minimum atomic E-state index is -1.05. The number of aromatic carboxylic acids is 1. The Kier molecular flexibility index (Phi) is 2.01. The van der Waals surface area contributed by atoms with Crippen LogP contribution < -0.4 is 5.73 Å². The van der Waals surface area contributed by atoms with Gasteiger partial charge in [0.05, 0.1) is 16.3 Å². The Morgan fingerprint density at radius 2 is 2.18 bits per heavy atom. The molecule has 1 radical (unpaired) electrons. The van der Waals surface area contributed by atoms with Gasteiger partial charge in [0.2, 0.25) is 0 Å². The van der Waals surface area contributed by atoms with Crippen LogP contribution in [0.2, 0.25) is 5.02 Å². The van der Waals surface area contributed by atoms with E-state index < -0.39 is 5.97 Å². The van der Waals surface area contributed by atoms with Crippen molar-refractivity contribution in [3.63, 3.8) is 0 Å². The summed E-state index contributed by atoms with van der Waals surface area (Å²) in [6.07, 6.45) is 0. The number of hydrogen-bond acceptors (Lipinski definition) is 1. The molecule has 0 heterocycles. The standard InChI is InChI=1S/C7H5ClNO2/c8-5-2-1-4(7(10)11)3-6(5)9/h1-3,9H,(H,10,11). The average Bonchev–Trinajstić information content (AvgIpc) is 1.94. The first-order chi connectivity index (χ1) is 5.11. The Labute approximate surface area is 68.4 Å². The van der Waals surface area contributed by atoms with Crippen LogP contribution in [0.3, 0.4) is 0 Å². The van der Waals surface area contributed by atoms with E-state index in [1.807, 2.05) is 0 Å². The van der Waals surface area contributed by atoms with Crippen molar-refractivity contribution in [3.05, 3.63) is 28.8 Å². The molecule has 0 spiro atoms. The lowest BCUT2D eigenvalue weighted by molar-refractivity contribution is 0.0697. The molecule has 0 fully saturated rings. The second-order valence-electron chi connectivity index (χ2n) is 2.00. The largest absolute Gasteiger partial charge is 0.478 e. The quantitative estimate of drug-likeness (QED) is 0.700. The van der Waals surface area contributed by atoms with E-state index in [-0.39, 0.29) is 16.3 Å². The summed E-state index contributed by atoms with van der Waals surface area (Å²) in [6, 6.07) is 3.97. The van der Waals surface area contributed by atoms with E-state index in [4.69, 9.17) is 22.4 Å². The number of carboxylic acids is 1. The molecule has 1 aromatic carbocycles. The Balaban J connectivity index is 3.15. The van der Waals surface area contributed by atoms with Gasteiger partial charge >= 0.3 is 5.97 Å². The fraction of sp³-hybridized carbons (Fsp3) is 0. The Morgan fingerprint density at radius 1 is 1.55 bits per heavy atom. The maximum Gasteiger partial charge on any atom is 0.335 e. The number of carbonyl (C=O) groups is 1. The minimum Gasteiger partial charge on any atom is -0.478 e. The van der Waals surface area contributed by atoms with Crippen molar-refractivity contribution in [2.24, 2.45) is 0 Å². The van der Waals surface area contributed by atoms with Gasteiger partial charge in [-0.15, -0.1) is 0 Å².